The van der Waals surface area contributed by atoms with E-state index >= 15 is 0 Å². The second kappa shape index (κ2) is 11.9. The van der Waals surface area contributed by atoms with E-state index in [2.05, 4.69) is 5.32 Å². The lowest BCUT2D eigenvalue weighted by Crippen LogP contribution is -2.50. The monoisotopic (exact) mass is 565 g/mol. The molecule has 0 heterocycles. The number of hydrogen-bond donors (Lipinski definition) is 1. The topological polar surface area (TPSA) is 86.8 Å². The summed E-state index contributed by atoms with van der Waals surface area (Å²) in [5.74, 6) is -1.81. The van der Waals surface area contributed by atoms with E-state index in [1.54, 1.807) is 18.2 Å². The smallest absolute Gasteiger partial charge is 0.264 e. The van der Waals surface area contributed by atoms with Gasteiger partial charge in [0.25, 0.3) is 10.0 Å². The average Bonchev–Trinajstić information content (AvgIpc) is 2.87. The van der Waals surface area contributed by atoms with Crippen molar-refractivity contribution >= 4 is 50.7 Å². The van der Waals surface area contributed by atoms with Gasteiger partial charge in [0.15, 0.2) is 0 Å². The van der Waals surface area contributed by atoms with Gasteiger partial charge in [-0.2, -0.15) is 0 Å². The van der Waals surface area contributed by atoms with E-state index in [9.17, 15) is 22.4 Å². The molecular formula is C26H26Cl2FN3O4S. The molecule has 0 aliphatic carbocycles. The van der Waals surface area contributed by atoms with Crippen molar-refractivity contribution < 1.29 is 22.4 Å². The first-order valence-corrected chi connectivity index (χ1v) is 13.4. The summed E-state index contributed by atoms with van der Waals surface area (Å²) >= 11 is 12.5. The van der Waals surface area contributed by atoms with E-state index in [-0.39, 0.29) is 32.7 Å². The molecular weight excluding hydrogens is 540 g/mol. The van der Waals surface area contributed by atoms with Gasteiger partial charge in [-0.25, -0.2) is 12.8 Å². The summed E-state index contributed by atoms with van der Waals surface area (Å²) in [7, 11) is -2.90. The van der Waals surface area contributed by atoms with Crippen molar-refractivity contribution in [1.29, 1.82) is 0 Å². The Labute approximate surface area is 225 Å². The number of benzene rings is 3. The minimum atomic E-state index is -4.30. The lowest BCUT2D eigenvalue weighted by atomic mass is 10.1. The number of sulfonamides is 1. The molecule has 3 rings (SSSR count). The summed E-state index contributed by atoms with van der Waals surface area (Å²) in [6, 6.07) is 15.3. The van der Waals surface area contributed by atoms with Gasteiger partial charge in [0.2, 0.25) is 11.8 Å². The van der Waals surface area contributed by atoms with Gasteiger partial charge < -0.3 is 10.2 Å². The highest BCUT2D eigenvalue weighted by Crippen LogP contribution is 2.35. The Bertz CT molecular complexity index is 1400. The molecule has 0 aliphatic rings. The fourth-order valence-corrected chi connectivity index (χ4v) is 5.51. The highest BCUT2D eigenvalue weighted by atomic mass is 35.5. The molecule has 196 valence electrons. The van der Waals surface area contributed by atoms with Crippen LogP contribution in [0.15, 0.2) is 71.6 Å². The quantitative estimate of drug-likeness (QED) is 0.403. The van der Waals surface area contributed by atoms with Gasteiger partial charge in [0.05, 0.1) is 20.6 Å². The van der Waals surface area contributed by atoms with E-state index in [0.29, 0.717) is 0 Å². The molecule has 3 aromatic carbocycles. The number of nitrogens with one attached hydrogen (secondary N) is 1. The average molecular weight is 566 g/mol. The largest absolute Gasteiger partial charge is 0.357 e. The Balaban J connectivity index is 2.09. The van der Waals surface area contributed by atoms with Crippen LogP contribution in [-0.4, -0.2) is 44.8 Å². The summed E-state index contributed by atoms with van der Waals surface area (Å²) in [5.41, 5.74) is 1.000. The van der Waals surface area contributed by atoms with Crippen molar-refractivity contribution in [3.05, 3.63) is 93.7 Å². The summed E-state index contributed by atoms with van der Waals surface area (Å²) in [4.78, 5) is 27.2. The molecule has 0 spiro atoms. The Morgan fingerprint density at radius 2 is 1.65 bits per heavy atom. The van der Waals surface area contributed by atoms with Crippen LogP contribution in [0.25, 0.3) is 0 Å². The summed E-state index contributed by atoms with van der Waals surface area (Å²) < 4.78 is 42.8. The fraction of sp³-hybridized carbons (Fsp3) is 0.231. The summed E-state index contributed by atoms with van der Waals surface area (Å²) in [6.45, 7) is 2.31. The van der Waals surface area contributed by atoms with Crippen molar-refractivity contribution in [2.45, 2.75) is 31.3 Å². The minimum Gasteiger partial charge on any atom is -0.357 e. The van der Waals surface area contributed by atoms with Gasteiger partial charge in [-0.1, -0.05) is 65.2 Å². The molecule has 0 saturated heterocycles. The maximum absolute atomic E-state index is 14.5. The molecule has 37 heavy (non-hydrogen) atoms. The number of aryl methyl sites for hydroxylation is 1. The number of halogens is 3. The Kier molecular flexibility index (Phi) is 9.17. The maximum atomic E-state index is 14.5. The fourth-order valence-electron chi connectivity index (χ4n) is 3.64. The van der Waals surface area contributed by atoms with Crippen LogP contribution in [0.3, 0.4) is 0 Å². The van der Waals surface area contributed by atoms with Gasteiger partial charge in [-0.15, -0.1) is 0 Å². The van der Waals surface area contributed by atoms with Crippen molar-refractivity contribution in [1.82, 2.24) is 10.2 Å². The van der Waals surface area contributed by atoms with Gasteiger partial charge in [-0.3, -0.25) is 13.9 Å². The molecule has 3 aromatic rings. The zero-order valence-corrected chi connectivity index (χ0v) is 22.7. The molecule has 0 bridgehead atoms. The first-order chi connectivity index (χ1) is 17.5. The highest BCUT2D eigenvalue weighted by Gasteiger charge is 2.33. The van der Waals surface area contributed by atoms with E-state index in [1.165, 1.54) is 62.5 Å². The molecule has 1 atom stereocenters. The van der Waals surface area contributed by atoms with Gasteiger partial charge in [-0.05, 0) is 44.2 Å². The molecule has 0 radical (unpaired) electrons. The number of nitrogens with zero attached hydrogens (tertiary/aromatic N) is 2. The third-order valence-electron chi connectivity index (χ3n) is 5.80. The van der Waals surface area contributed by atoms with Crippen LogP contribution in [0.1, 0.15) is 18.1 Å². The third-order valence-corrected chi connectivity index (χ3v) is 8.38. The predicted octanol–water partition coefficient (Wildman–Crippen LogP) is 4.80. The molecule has 0 aromatic heterocycles. The van der Waals surface area contributed by atoms with Crippen LogP contribution in [0, 0.1) is 12.7 Å². The van der Waals surface area contributed by atoms with Crippen LogP contribution in [-0.2, 0) is 26.2 Å². The highest BCUT2D eigenvalue weighted by molar-refractivity contribution is 7.92. The number of amides is 2. The van der Waals surface area contributed by atoms with Crippen LogP contribution in [0.4, 0.5) is 10.1 Å². The van der Waals surface area contributed by atoms with E-state index in [1.807, 2.05) is 6.92 Å². The van der Waals surface area contributed by atoms with Crippen molar-refractivity contribution in [3.8, 4) is 0 Å². The minimum absolute atomic E-state index is 0.0125. The molecule has 0 fully saturated rings. The third kappa shape index (κ3) is 6.41. The molecule has 11 heteroatoms. The Hall–Kier alpha value is -3.14. The van der Waals surface area contributed by atoms with Gasteiger partial charge in [0.1, 0.15) is 18.4 Å². The second-order valence-electron chi connectivity index (χ2n) is 8.30. The van der Waals surface area contributed by atoms with Gasteiger partial charge >= 0.3 is 0 Å². The number of anilines is 1. The molecule has 0 saturated carbocycles. The molecule has 0 unspecified atom stereocenters. The van der Waals surface area contributed by atoms with E-state index in [4.69, 9.17) is 23.2 Å². The van der Waals surface area contributed by atoms with Crippen LogP contribution < -0.4 is 9.62 Å². The number of likely N-dealkylation sites (N-methyl/N-ethyl adjacent to an activating group) is 1. The van der Waals surface area contributed by atoms with Gasteiger partial charge in [0, 0.05) is 19.2 Å². The Morgan fingerprint density at radius 1 is 1.00 bits per heavy atom. The van der Waals surface area contributed by atoms with Crippen molar-refractivity contribution in [2.24, 2.45) is 0 Å². The van der Waals surface area contributed by atoms with Crippen LogP contribution >= 0.6 is 23.2 Å². The second-order valence-corrected chi connectivity index (χ2v) is 10.9. The summed E-state index contributed by atoms with van der Waals surface area (Å²) in [6.07, 6.45) is 0. The van der Waals surface area contributed by atoms with E-state index in [0.717, 1.165) is 14.8 Å². The maximum Gasteiger partial charge on any atom is 0.264 e. The number of carbonyl (C=O) groups excluding carboxylic acids is 2. The zero-order chi connectivity index (χ0) is 27.3. The number of hydrogen-bond acceptors (Lipinski definition) is 4. The lowest BCUT2D eigenvalue weighted by Gasteiger charge is -2.32. The summed E-state index contributed by atoms with van der Waals surface area (Å²) in [5, 5.41) is 2.50. The SMILES string of the molecule is CNC(=O)[C@H](C)N(Cc1ccccc1F)C(=O)CN(c1cccc(Cl)c1Cl)S(=O)(=O)c1ccc(C)cc1. The van der Waals surface area contributed by atoms with Crippen LogP contribution in [0.5, 0.6) is 0 Å². The zero-order valence-electron chi connectivity index (χ0n) is 20.4. The molecule has 1 N–H and O–H groups in total. The predicted molar refractivity (Wildman–Crippen MR) is 143 cm³/mol. The first-order valence-electron chi connectivity index (χ1n) is 11.2. The number of rotatable bonds is 9. The molecule has 2 amide bonds. The van der Waals surface area contributed by atoms with E-state index < -0.39 is 40.2 Å². The standard InChI is InChI=1S/C26H26Cl2FN3O4S/c1-17-11-13-20(14-12-17)37(35,36)32(23-10-6-8-21(27)25(23)28)16-24(33)31(18(2)26(34)30-3)15-19-7-4-5-9-22(19)29/h4-14,18H,15-16H2,1-3H3,(H,30,34)/t18-/m0/s1. The normalized spacial score (nSPS) is 12.1. The molecule has 0 aliphatic heterocycles. The number of carbonyl (C=O) groups is 2. The van der Waals surface area contributed by atoms with Crippen molar-refractivity contribution in [3.63, 3.8) is 0 Å². The lowest BCUT2D eigenvalue weighted by molar-refractivity contribution is -0.139. The first kappa shape index (κ1) is 28.4. The van der Waals surface area contributed by atoms with Crippen LogP contribution in [0.2, 0.25) is 10.0 Å². The Morgan fingerprint density at radius 3 is 2.27 bits per heavy atom. The molecule has 7 nitrogen and oxygen atoms in total. The van der Waals surface area contributed by atoms with Crippen molar-refractivity contribution in [2.75, 3.05) is 17.9 Å².